The van der Waals surface area contributed by atoms with E-state index in [9.17, 15) is 4.79 Å². The molecule has 0 radical (unpaired) electrons. The zero-order valence-electron chi connectivity index (χ0n) is 11.3. The Balaban J connectivity index is 2.07. The second-order valence-electron chi connectivity index (χ2n) is 4.21. The van der Waals surface area contributed by atoms with Gasteiger partial charge in [-0.25, -0.2) is 9.97 Å². The fourth-order valence-electron chi connectivity index (χ4n) is 1.71. The molecule has 0 aliphatic carbocycles. The lowest BCUT2D eigenvalue weighted by Gasteiger charge is -2.07. The van der Waals surface area contributed by atoms with E-state index in [1.54, 1.807) is 0 Å². The average molecular weight is 324 g/mol. The van der Waals surface area contributed by atoms with E-state index in [2.05, 4.69) is 15.3 Å². The molecule has 110 valence electrons. The zero-order valence-corrected chi connectivity index (χ0v) is 12.9. The van der Waals surface area contributed by atoms with Crippen molar-refractivity contribution in [3.8, 4) is 0 Å². The predicted octanol–water partition coefficient (Wildman–Crippen LogP) is 2.27. The van der Waals surface area contributed by atoms with Gasteiger partial charge >= 0.3 is 0 Å². The van der Waals surface area contributed by atoms with Gasteiger partial charge in [-0.05, 0) is 17.4 Å². The Hall–Kier alpha value is -1.63. The van der Waals surface area contributed by atoms with Crippen LogP contribution in [0.4, 0.5) is 0 Å². The third kappa shape index (κ3) is 4.17. The van der Waals surface area contributed by atoms with Crippen LogP contribution in [0.25, 0.3) is 0 Å². The third-order valence-electron chi connectivity index (χ3n) is 2.75. The molecule has 1 amide bonds. The molecule has 0 bridgehead atoms. The number of halogens is 1. The van der Waals surface area contributed by atoms with Gasteiger partial charge in [-0.2, -0.15) is 0 Å². The van der Waals surface area contributed by atoms with Crippen LogP contribution in [0, 0.1) is 0 Å². The van der Waals surface area contributed by atoms with Crippen LogP contribution in [0.2, 0.25) is 5.02 Å². The van der Waals surface area contributed by atoms with Crippen LogP contribution >= 0.6 is 23.4 Å². The first-order chi connectivity index (χ1) is 10.1. The van der Waals surface area contributed by atoms with E-state index in [0.29, 0.717) is 11.7 Å². The van der Waals surface area contributed by atoms with Gasteiger partial charge in [-0.3, -0.25) is 4.79 Å². The van der Waals surface area contributed by atoms with Gasteiger partial charge in [0.1, 0.15) is 0 Å². The first-order valence-corrected chi connectivity index (χ1v) is 7.77. The molecule has 7 heteroatoms. The maximum atomic E-state index is 12.1. The van der Waals surface area contributed by atoms with Crippen LogP contribution in [0.3, 0.4) is 0 Å². The lowest BCUT2D eigenvalue weighted by Crippen LogP contribution is -2.24. The molecule has 2 rings (SSSR count). The van der Waals surface area contributed by atoms with E-state index in [0.717, 1.165) is 11.1 Å². The highest BCUT2D eigenvalue weighted by molar-refractivity contribution is 7.98. The minimum Gasteiger partial charge on any atom is -0.392 e. The van der Waals surface area contributed by atoms with Crippen LogP contribution < -0.4 is 5.32 Å². The summed E-state index contributed by atoms with van der Waals surface area (Å²) < 4.78 is 0. The van der Waals surface area contributed by atoms with Crippen LogP contribution in [-0.4, -0.2) is 27.2 Å². The standard InChI is InChI=1S/C14H14ClN3O2S/c1-21-14-17-7-11(15)12(18-14)13(20)16-6-9-3-2-4-10(5-9)8-19/h2-5,7,19H,6,8H2,1H3,(H,16,20). The van der Waals surface area contributed by atoms with Gasteiger partial charge in [0.05, 0.1) is 17.8 Å². The van der Waals surface area contributed by atoms with Crippen molar-refractivity contribution in [3.05, 3.63) is 52.3 Å². The smallest absolute Gasteiger partial charge is 0.271 e. The van der Waals surface area contributed by atoms with Crippen molar-refractivity contribution in [1.82, 2.24) is 15.3 Å². The summed E-state index contributed by atoms with van der Waals surface area (Å²) in [6, 6.07) is 7.34. The molecule has 0 aliphatic rings. The van der Waals surface area contributed by atoms with Crippen molar-refractivity contribution in [2.75, 3.05) is 6.26 Å². The summed E-state index contributed by atoms with van der Waals surface area (Å²) in [5.41, 5.74) is 1.85. The lowest BCUT2D eigenvalue weighted by molar-refractivity contribution is 0.0945. The number of thioether (sulfide) groups is 1. The number of nitrogens with zero attached hydrogens (tertiary/aromatic N) is 2. The first-order valence-electron chi connectivity index (χ1n) is 6.17. The third-order valence-corrected chi connectivity index (χ3v) is 3.59. The van der Waals surface area contributed by atoms with E-state index < -0.39 is 0 Å². The molecule has 5 nitrogen and oxygen atoms in total. The summed E-state index contributed by atoms with van der Waals surface area (Å²) >= 11 is 7.29. The number of aliphatic hydroxyl groups excluding tert-OH is 1. The normalized spacial score (nSPS) is 10.4. The second-order valence-corrected chi connectivity index (χ2v) is 5.39. The molecule has 2 aromatic rings. The molecule has 0 aliphatic heterocycles. The van der Waals surface area contributed by atoms with Crippen molar-refractivity contribution < 1.29 is 9.90 Å². The molecule has 0 saturated carbocycles. The SMILES string of the molecule is CSc1ncc(Cl)c(C(=O)NCc2cccc(CO)c2)n1. The monoisotopic (exact) mass is 323 g/mol. The van der Waals surface area contributed by atoms with E-state index in [-0.39, 0.29) is 23.2 Å². The predicted molar refractivity (Wildman–Crippen MR) is 82.4 cm³/mol. The summed E-state index contributed by atoms with van der Waals surface area (Å²) in [4.78, 5) is 20.2. The number of hydrogen-bond acceptors (Lipinski definition) is 5. The zero-order chi connectivity index (χ0) is 15.2. The van der Waals surface area contributed by atoms with Gasteiger partial charge in [0.15, 0.2) is 10.9 Å². The minimum absolute atomic E-state index is 0.0311. The quantitative estimate of drug-likeness (QED) is 0.652. The average Bonchev–Trinajstić information content (AvgIpc) is 2.53. The van der Waals surface area contributed by atoms with Crippen molar-refractivity contribution >= 4 is 29.3 Å². The molecule has 0 atom stereocenters. The molecular weight excluding hydrogens is 310 g/mol. The molecule has 2 N–H and O–H groups in total. The Morgan fingerprint density at radius 1 is 1.43 bits per heavy atom. The number of hydrogen-bond donors (Lipinski definition) is 2. The van der Waals surface area contributed by atoms with E-state index >= 15 is 0 Å². The van der Waals surface area contributed by atoms with Crippen LogP contribution in [0.15, 0.2) is 35.6 Å². The van der Waals surface area contributed by atoms with Gasteiger partial charge < -0.3 is 10.4 Å². The largest absolute Gasteiger partial charge is 0.392 e. The van der Waals surface area contributed by atoms with Crippen LogP contribution in [0.1, 0.15) is 21.6 Å². The van der Waals surface area contributed by atoms with Crippen molar-refractivity contribution in [2.45, 2.75) is 18.3 Å². The number of aliphatic hydroxyl groups is 1. The Morgan fingerprint density at radius 2 is 2.19 bits per heavy atom. The number of amides is 1. The van der Waals surface area contributed by atoms with Crippen molar-refractivity contribution in [3.63, 3.8) is 0 Å². The number of nitrogens with one attached hydrogen (secondary N) is 1. The Kier molecular flexibility index (Phi) is 5.55. The molecule has 21 heavy (non-hydrogen) atoms. The minimum atomic E-state index is -0.355. The van der Waals surface area contributed by atoms with Crippen LogP contribution in [-0.2, 0) is 13.2 Å². The molecular formula is C14H14ClN3O2S. The molecule has 0 spiro atoms. The second kappa shape index (κ2) is 7.40. The summed E-state index contributed by atoms with van der Waals surface area (Å²) in [6.07, 6.45) is 3.24. The summed E-state index contributed by atoms with van der Waals surface area (Å²) in [7, 11) is 0. The summed E-state index contributed by atoms with van der Waals surface area (Å²) in [5.74, 6) is -0.355. The van der Waals surface area contributed by atoms with Gasteiger partial charge in [0.2, 0.25) is 0 Å². The molecule has 0 saturated heterocycles. The number of aromatic nitrogens is 2. The Morgan fingerprint density at radius 3 is 2.90 bits per heavy atom. The fraction of sp³-hybridized carbons (Fsp3) is 0.214. The number of carbonyl (C=O) groups excluding carboxylic acids is 1. The molecule has 1 aromatic heterocycles. The molecule has 0 fully saturated rings. The number of benzene rings is 1. The highest BCUT2D eigenvalue weighted by Crippen LogP contribution is 2.16. The van der Waals surface area contributed by atoms with E-state index in [1.807, 2.05) is 30.5 Å². The van der Waals surface area contributed by atoms with Gasteiger partial charge in [-0.15, -0.1) is 0 Å². The Labute approximate surface area is 131 Å². The van der Waals surface area contributed by atoms with E-state index in [1.165, 1.54) is 18.0 Å². The highest BCUT2D eigenvalue weighted by atomic mass is 35.5. The molecule has 1 aromatic carbocycles. The maximum absolute atomic E-state index is 12.1. The molecule has 1 heterocycles. The van der Waals surface area contributed by atoms with Gasteiger partial charge in [0, 0.05) is 6.54 Å². The Bertz CT molecular complexity index is 652. The van der Waals surface area contributed by atoms with Gasteiger partial charge in [0.25, 0.3) is 5.91 Å². The highest BCUT2D eigenvalue weighted by Gasteiger charge is 2.13. The first kappa shape index (κ1) is 15.8. The number of carbonyl (C=O) groups is 1. The number of rotatable bonds is 5. The fourth-order valence-corrected chi connectivity index (χ4v) is 2.23. The van der Waals surface area contributed by atoms with E-state index in [4.69, 9.17) is 16.7 Å². The summed E-state index contributed by atoms with van der Waals surface area (Å²) in [5, 5.41) is 12.6. The molecule has 0 unspecified atom stereocenters. The van der Waals surface area contributed by atoms with Crippen molar-refractivity contribution in [1.29, 1.82) is 0 Å². The van der Waals surface area contributed by atoms with Crippen LogP contribution in [0.5, 0.6) is 0 Å². The summed E-state index contributed by atoms with van der Waals surface area (Å²) in [6.45, 7) is 0.304. The van der Waals surface area contributed by atoms with Gasteiger partial charge in [-0.1, -0.05) is 47.6 Å². The maximum Gasteiger partial charge on any atom is 0.271 e. The van der Waals surface area contributed by atoms with Crippen molar-refractivity contribution in [2.24, 2.45) is 0 Å². The topological polar surface area (TPSA) is 75.1 Å². The lowest BCUT2D eigenvalue weighted by atomic mass is 10.1.